The second-order valence-corrected chi connectivity index (χ2v) is 14.9. The van der Waals surface area contributed by atoms with Crippen LogP contribution < -0.4 is 40.6 Å². The van der Waals surface area contributed by atoms with Crippen molar-refractivity contribution in [3.05, 3.63) is 133 Å². The summed E-state index contributed by atoms with van der Waals surface area (Å²) in [4.78, 5) is 0. The van der Waals surface area contributed by atoms with E-state index in [-0.39, 0.29) is 5.92 Å². The summed E-state index contributed by atoms with van der Waals surface area (Å²) in [6.45, 7) is 3.55. The molecular weight excluding hydrogens is 654 g/mol. The molecule has 0 saturated carbocycles. The standard InChI is InChI=1S/C45H28B2N2O4/c1-24(2)39-44-29(46-40-37(50-44)21-19-27-25-11-3-5-13-31(25)48(42(27)40)33-15-7-9-17-35(33)52-46)23-30-45(39)51-38-22-20-28-26-12-4-6-14-32(26)49-34-16-8-10-18-36(34)53-47(30)41(38)43(28)49/h3-24H,1-2H3. The maximum Gasteiger partial charge on any atom is 0.436 e. The van der Waals surface area contributed by atoms with E-state index in [1.807, 2.05) is 0 Å². The minimum absolute atomic E-state index is 0.0725. The molecule has 6 heterocycles. The van der Waals surface area contributed by atoms with Crippen LogP contribution in [0.4, 0.5) is 0 Å². The van der Waals surface area contributed by atoms with Gasteiger partial charge in [0.15, 0.2) is 0 Å². The minimum atomic E-state index is -0.436. The molecule has 0 aliphatic carbocycles. The van der Waals surface area contributed by atoms with Crippen LogP contribution in [0.2, 0.25) is 0 Å². The van der Waals surface area contributed by atoms with E-state index in [9.17, 15) is 0 Å². The largest absolute Gasteiger partial charge is 0.550 e. The minimum Gasteiger partial charge on any atom is -0.550 e. The molecule has 0 radical (unpaired) electrons. The molecule has 2 aromatic heterocycles. The van der Waals surface area contributed by atoms with Gasteiger partial charge in [-0.3, -0.25) is 0 Å². The third kappa shape index (κ3) is 3.38. The smallest absolute Gasteiger partial charge is 0.436 e. The molecule has 0 saturated heterocycles. The van der Waals surface area contributed by atoms with Crippen molar-refractivity contribution in [2.45, 2.75) is 19.8 Å². The number of ether oxygens (including phenoxy) is 2. The van der Waals surface area contributed by atoms with Gasteiger partial charge in [0.25, 0.3) is 0 Å². The molecule has 0 fully saturated rings. The number of hydrogen-bond donors (Lipinski definition) is 0. The van der Waals surface area contributed by atoms with E-state index < -0.39 is 13.8 Å². The lowest BCUT2D eigenvalue weighted by molar-refractivity contribution is 0.445. The normalized spacial score (nSPS) is 14.2. The van der Waals surface area contributed by atoms with Crippen molar-refractivity contribution in [2.75, 3.05) is 0 Å². The lowest BCUT2D eigenvalue weighted by atomic mass is 9.48. The van der Waals surface area contributed by atoms with Gasteiger partial charge in [-0.05, 0) is 66.6 Å². The lowest BCUT2D eigenvalue weighted by Crippen LogP contribution is -2.56. The zero-order valence-corrected chi connectivity index (χ0v) is 28.9. The molecule has 6 nitrogen and oxygen atoms in total. The Morgan fingerprint density at radius 3 is 1.42 bits per heavy atom. The van der Waals surface area contributed by atoms with Crippen LogP contribution in [0, 0.1) is 0 Å². The second-order valence-electron chi connectivity index (χ2n) is 14.9. The molecule has 7 aromatic carbocycles. The lowest BCUT2D eigenvalue weighted by Gasteiger charge is -2.34. The van der Waals surface area contributed by atoms with Crippen LogP contribution in [0.5, 0.6) is 34.5 Å². The predicted octanol–water partition coefficient (Wildman–Crippen LogP) is 8.21. The third-order valence-electron chi connectivity index (χ3n) is 11.8. The molecule has 4 aliphatic heterocycles. The van der Waals surface area contributed by atoms with Crippen LogP contribution in [-0.4, -0.2) is 23.0 Å². The summed E-state index contributed by atoms with van der Waals surface area (Å²) in [7, 11) is 0. The van der Waals surface area contributed by atoms with Crippen LogP contribution in [0.3, 0.4) is 0 Å². The Balaban J connectivity index is 1.13. The summed E-state index contributed by atoms with van der Waals surface area (Å²) in [5.74, 6) is 4.92. The van der Waals surface area contributed by atoms with Gasteiger partial charge < -0.3 is 27.9 Å². The Kier molecular flexibility index (Phi) is 5.12. The van der Waals surface area contributed by atoms with Gasteiger partial charge in [-0.1, -0.05) is 80.6 Å². The van der Waals surface area contributed by atoms with Crippen molar-refractivity contribution in [1.29, 1.82) is 0 Å². The Hall–Kier alpha value is -6.53. The van der Waals surface area contributed by atoms with Crippen molar-refractivity contribution >= 4 is 79.3 Å². The van der Waals surface area contributed by atoms with E-state index in [1.165, 1.54) is 21.5 Å². The summed E-state index contributed by atoms with van der Waals surface area (Å²) >= 11 is 0. The molecule has 0 atom stereocenters. The monoisotopic (exact) mass is 682 g/mol. The van der Waals surface area contributed by atoms with Gasteiger partial charge in [-0.15, -0.1) is 0 Å². The van der Waals surface area contributed by atoms with Crippen molar-refractivity contribution < 1.29 is 18.8 Å². The average Bonchev–Trinajstić information content (AvgIpc) is 3.58. The summed E-state index contributed by atoms with van der Waals surface area (Å²) in [5, 5.41) is 4.76. The number of rotatable bonds is 1. The first-order valence-corrected chi connectivity index (χ1v) is 18.3. The van der Waals surface area contributed by atoms with E-state index in [1.54, 1.807) is 0 Å². The topological polar surface area (TPSA) is 46.8 Å². The molecule has 0 amide bonds. The van der Waals surface area contributed by atoms with Crippen molar-refractivity contribution in [3.63, 3.8) is 0 Å². The van der Waals surface area contributed by atoms with Gasteiger partial charge in [0.1, 0.15) is 34.5 Å². The van der Waals surface area contributed by atoms with Crippen molar-refractivity contribution in [2.24, 2.45) is 0 Å². The van der Waals surface area contributed by atoms with Crippen LogP contribution in [0.1, 0.15) is 25.3 Å². The third-order valence-corrected chi connectivity index (χ3v) is 11.8. The molecular formula is C45H28B2N2O4. The van der Waals surface area contributed by atoms with Gasteiger partial charge in [0.2, 0.25) is 0 Å². The number of benzene rings is 7. The summed E-state index contributed by atoms with van der Waals surface area (Å²) in [6, 6.07) is 44.9. The first-order valence-electron chi connectivity index (χ1n) is 18.3. The predicted molar refractivity (Wildman–Crippen MR) is 214 cm³/mol. The Morgan fingerprint density at radius 1 is 0.472 bits per heavy atom. The number of hydrogen-bond acceptors (Lipinski definition) is 4. The first-order chi connectivity index (χ1) is 26.1. The number of para-hydroxylation sites is 6. The maximum atomic E-state index is 7.23. The van der Waals surface area contributed by atoms with Gasteiger partial charge in [0.05, 0.1) is 33.4 Å². The fourth-order valence-corrected chi connectivity index (χ4v) is 9.68. The van der Waals surface area contributed by atoms with E-state index in [0.29, 0.717) is 0 Å². The molecule has 0 N–H and O–H groups in total. The van der Waals surface area contributed by atoms with Crippen LogP contribution >= 0.6 is 0 Å². The highest BCUT2D eigenvalue weighted by atomic mass is 16.5. The Morgan fingerprint density at radius 2 is 0.925 bits per heavy atom. The molecule has 0 bridgehead atoms. The highest BCUT2D eigenvalue weighted by Crippen LogP contribution is 2.47. The molecule has 0 unspecified atom stereocenters. The van der Waals surface area contributed by atoms with Crippen LogP contribution in [0.15, 0.2) is 127 Å². The second kappa shape index (κ2) is 9.66. The fourth-order valence-electron chi connectivity index (χ4n) is 9.68. The number of fused-ring (bicyclic) bond motifs is 14. The maximum absolute atomic E-state index is 7.23. The molecule has 8 heteroatoms. The SMILES string of the molecule is CC(C)c1c2c(cc3c1Oc1ccc4c5ccccc5n5c4c1B3Oc1ccccc1-5)B1Oc3ccccc3-n3c4ccccc4c4ccc(c1c43)O2. The Bertz CT molecular complexity index is 2940. The average molecular weight is 682 g/mol. The van der Waals surface area contributed by atoms with Gasteiger partial charge >= 0.3 is 13.8 Å². The van der Waals surface area contributed by atoms with Gasteiger partial charge in [-0.25, -0.2) is 0 Å². The van der Waals surface area contributed by atoms with Crippen molar-refractivity contribution in [3.8, 4) is 45.9 Å². The van der Waals surface area contributed by atoms with Crippen LogP contribution in [-0.2, 0) is 0 Å². The van der Waals surface area contributed by atoms with E-state index in [2.05, 4.69) is 150 Å². The van der Waals surface area contributed by atoms with Crippen molar-refractivity contribution in [1.82, 2.24) is 9.13 Å². The molecule has 4 aliphatic rings. The number of nitrogens with zero attached hydrogens (tertiary/aromatic N) is 2. The van der Waals surface area contributed by atoms with E-state index >= 15 is 0 Å². The van der Waals surface area contributed by atoms with E-state index in [4.69, 9.17) is 18.8 Å². The zero-order valence-electron chi connectivity index (χ0n) is 28.9. The fraction of sp³-hybridized carbons (Fsp3) is 0.0667. The number of aromatic nitrogens is 2. The zero-order chi connectivity index (χ0) is 34.7. The summed E-state index contributed by atoms with van der Waals surface area (Å²) < 4.78 is 33.4. The van der Waals surface area contributed by atoms with Gasteiger partial charge in [-0.2, -0.15) is 0 Å². The first kappa shape index (κ1) is 28.1. The Labute approximate surface area is 304 Å². The molecule has 0 spiro atoms. The molecule has 13 rings (SSSR count). The summed E-state index contributed by atoms with van der Waals surface area (Å²) in [6.07, 6.45) is 0. The highest BCUT2D eigenvalue weighted by Gasteiger charge is 2.47. The van der Waals surface area contributed by atoms with Crippen LogP contribution in [0.25, 0.3) is 55.0 Å². The molecule has 53 heavy (non-hydrogen) atoms. The summed E-state index contributed by atoms with van der Waals surface area (Å²) in [5.41, 5.74) is 11.6. The highest BCUT2D eigenvalue weighted by molar-refractivity contribution is 6.87. The molecule has 248 valence electrons. The molecule has 9 aromatic rings. The van der Waals surface area contributed by atoms with E-state index in [0.717, 1.165) is 95.4 Å². The quantitative estimate of drug-likeness (QED) is 0.164. The van der Waals surface area contributed by atoms with Gasteiger partial charge in [0, 0.05) is 49.0 Å².